The van der Waals surface area contributed by atoms with E-state index in [1.165, 1.54) is 12.3 Å². The molecule has 0 bridgehead atoms. The van der Waals surface area contributed by atoms with E-state index in [0.717, 1.165) is 30.6 Å². The van der Waals surface area contributed by atoms with Crippen molar-refractivity contribution in [2.24, 2.45) is 4.99 Å². The second-order valence-corrected chi connectivity index (χ2v) is 9.27. The number of aromatic nitrogens is 1. The second kappa shape index (κ2) is 9.44. The number of aliphatic hydroxyl groups is 2. The number of carboxylic acid groups (broad SMARTS) is 1. The van der Waals surface area contributed by atoms with Gasteiger partial charge in [-0.05, 0) is 12.1 Å². The van der Waals surface area contributed by atoms with Gasteiger partial charge in [0.15, 0.2) is 16.9 Å². The van der Waals surface area contributed by atoms with Crippen LogP contribution in [-0.4, -0.2) is 80.9 Å². The van der Waals surface area contributed by atoms with Crippen LogP contribution in [0.3, 0.4) is 0 Å². The number of aliphatic carboxylic acids is 1. The van der Waals surface area contributed by atoms with Crippen LogP contribution in [0.25, 0.3) is 0 Å². The number of ether oxygens (including phenoxy) is 1. The molecule has 0 saturated carbocycles. The van der Waals surface area contributed by atoms with Crippen LogP contribution in [0.15, 0.2) is 46.0 Å². The van der Waals surface area contributed by atoms with E-state index >= 15 is 0 Å². The summed E-state index contributed by atoms with van der Waals surface area (Å²) in [6.45, 7) is -2.03. The molecule has 3 heterocycles. The molecule has 2 unspecified atom stereocenters. The average molecular weight is 547 g/mol. The lowest BCUT2D eigenvalue weighted by molar-refractivity contribution is -0.279. The Morgan fingerprint density at radius 3 is 2.67 bits per heavy atom. The Balaban J connectivity index is 1.87. The van der Waals surface area contributed by atoms with Crippen LogP contribution in [-0.2, 0) is 14.3 Å². The van der Waals surface area contributed by atoms with Gasteiger partial charge in [-0.1, -0.05) is 17.7 Å². The van der Waals surface area contributed by atoms with E-state index < -0.39 is 54.6 Å². The van der Waals surface area contributed by atoms with E-state index in [9.17, 15) is 38.1 Å². The molecule has 0 spiro atoms. The molecular weight excluding hydrogens is 529 g/mol. The SMILES string of the molecule is COC(=O)C1=C(CN2CC(F)(F)C(O)(O)C2C(=O)O)NC(c2nccs2)=NC1c1ccc(F)cc1Cl. The Morgan fingerprint density at radius 2 is 2.08 bits per heavy atom. The van der Waals surface area contributed by atoms with Crippen molar-refractivity contribution >= 4 is 40.7 Å². The minimum absolute atomic E-state index is 0.0919. The maximum Gasteiger partial charge on any atom is 0.338 e. The number of amidine groups is 1. The molecule has 4 rings (SSSR count). The number of rotatable bonds is 6. The standard InChI is InChI=1S/C21H18ClF3N4O6S/c1-35-19(32)13-12(7-29-8-20(24,25)21(33,34)15(29)18(30)31)27-16(17-26-4-5-36-17)28-14(13)10-3-2-9(23)6-11(10)22/h2-6,14-15,33-34H,7-8H2,1H3,(H,27,28)(H,30,31). The molecule has 0 amide bonds. The van der Waals surface area contributed by atoms with E-state index in [1.54, 1.807) is 5.38 Å². The molecule has 1 saturated heterocycles. The van der Waals surface area contributed by atoms with Crippen molar-refractivity contribution in [1.82, 2.24) is 15.2 Å². The van der Waals surface area contributed by atoms with Crippen LogP contribution in [0.2, 0.25) is 5.02 Å². The van der Waals surface area contributed by atoms with Gasteiger partial charge >= 0.3 is 17.9 Å². The molecule has 4 N–H and O–H groups in total. The molecule has 2 atom stereocenters. The Bertz CT molecular complexity index is 1270. The normalized spacial score (nSPS) is 23.2. The van der Waals surface area contributed by atoms with Crippen molar-refractivity contribution in [1.29, 1.82) is 0 Å². The molecule has 15 heteroatoms. The topological polar surface area (TPSA) is 145 Å². The van der Waals surface area contributed by atoms with E-state index in [4.69, 9.17) is 16.3 Å². The second-order valence-electron chi connectivity index (χ2n) is 7.97. The van der Waals surface area contributed by atoms with Crippen LogP contribution in [0.5, 0.6) is 0 Å². The van der Waals surface area contributed by atoms with Crippen molar-refractivity contribution in [2.45, 2.75) is 23.8 Å². The first-order chi connectivity index (χ1) is 16.9. The smallest absolute Gasteiger partial charge is 0.338 e. The third kappa shape index (κ3) is 4.46. The van der Waals surface area contributed by atoms with Crippen LogP contribution < -0.4 is 5.32 Å². The van der Waals surface area contributed by atoms with Gasteiger partial charge in [0.1, 0.15) is 11.9 Å². The van der Waals surface area contributed by atoms with Gasteiger partial charge in [-0.25, -0.2) is 14.2 Å². The number of carboxylic acids is 1. The highest BCUT2D eigenvalue weighted by atomic mass is 35.5. The number of aliphatic imine (C=N–C) groups is 1. The number of thiazole rings is 1. The number of esters is 1. The fourth-order valence-electron chi connectivity index (χ4n) is 4.06. The number of carbonyl (C=O) groups excluding carboxylic acids is 1. The third-order valence-corrected chi connectivity index (χ3v) is 6.81. The van der Waals surface area contributed by atoms with E-state index in [1.807, 2.05) is 0 Å². The highest BCUT2D eigenvalue weighted by molar-refractivity contribution is 7.11. The van der Waals surface area contributed by atoms with Crippen molar-refractivity contribution < 1.29 is 42.8 Å². The highest BCUT2D eigenvalue weighted by Crippen LogP contribution is 2.42. The number of likely N-dealkylation sites (tertiary alicyclic amines) is 1. The van der Waals surface area contributed by atoms with Gasteiger partial charge in [0.2, 0.25) is 0 Å². The molecule has 2 aromatic rings. The summed E-state index contributed by atoms with van der Waals surface area (Å²) in [5.41, 5.74) is -0.175. The summed E-state index contributed by atoms with van der Waals surface area (Å²) in [5.74, 6) is -11.5. The van der Waals surface area contributed by atoms with Gasteiger partial charge in [-0.15, -0.1) is 11.3 Å². The van der Waals surface area contributed by atoms with Gasteiger partial charge in [-0.3, -0.25) is 14.7 Å². The van der Waals surface area contributed by atoms with Gasteiger partial charge in [0.25, 0.3) is 5.79 Å². The Hall–Kier alpha value is -3.04. The van der Waals surface area contributed by atoms with Crippen LogP contribution in [0.4, 0.5) is 13.2 Å². The first kappa shape index (κ1) is 26.0. The lowest BCUT2D eigenvalue weighted by Crippen LogP contribution is -2.56. The minimum Gasteiger partial charge on any atom is -0.480 e. The molecule has 0 aliphatic carbocycles. The monoisotopic (exact) mass is 546 g/mol. The summed E-state index contributed by atoms with van der Waals surface area (Å²) in [6, 6.07) is -0.285. The number of nitrogens with zero attached hydrogens (tertiary/aromatic N) is 3. The van der Waals surface area contributed by atoms with E-state index in [0.29, 0.717) is 9.91 Å². The Labute approximate surface area is 210 Å². The molecule has 0 radical (unpaired) electrons. The maximum absolute atomic E-state index is 14.4. The van der Waals surface area contributed by atoms with Crippen molar-refractivity contribution in [3.05, 3.63) is 62.5 Å². The predicted molar refractivity (Wildman–Crippen MR) is 120 cm³/mol. The molecule has 2 aliphatic rings. The average Bonchev–Trinajstić information content (AvgIpc) is 3.37. The molecule has 1 aromatic carbocycles. The fraction of sp³-hybridized carbons (Fsp3) is 0.333. The fourth-order valence-corrected chi connectivity index (χ4v) is 4.92. The van der Waals surface area contributed by atoms with Gasteiger partial charge < -0.3 is 25.4 Å². The maximum atomic E-state index is 14.4. The minimum atomic E-state index is -4.21. The number of hydrogen-bond donors (Lipinski definition) is 4. The first-order valence-electron chi connectivity index (χ1n) is 10.2. The summed E-state index contributed by atoms with van der Waals surface area (Å²) >= 11 is 7.39. The summed E-state index contributed by atoms with van der Waals surface area (Å²) in [7, 11) is 1.06. The number of alkyl halides is 2. The summed E-state index contributed by atoms with van der Waals surface area (Å²) < 4.78 is 47.3. The molecule has 192 valence electrons. The van der Waals surface area contributed by atoms with E-state index in [2.05, 4.69) is 15.3 Å². The number of carbonyl (C=O) groups is 2. The Kier molecular flexibility index (Phi) is 6.83. The number of methoxy groups -OCH3 is 1. The Morgan fingerprint density at radius 1 is 1.36 bits per heavy atom. The third-order valence-electron chi connectivity index (χ3n) is 5.70. The molecule has 1 fully saturated rings. The van der Waals surface area contributed by atoms with Gasteiger partial charge in [0, 0.05) is 34.4 Å². The lowest BCUT2D eigenvalue weighted by Gasteiger charge is -2.31. The van der Waals surface area contributed by atoms with Crippen LogP contribution in [0, 0.1) is 5.82 Å². The molecule has 2 aliphatic heterocycles. The van der Waals surface area contributed by atoms with Crippen molar-refractivity contribution in [2.75, 3.05) is 20.2 Å². The number of halogens is 4. The largest absolute Gasteiger partial charge is 0.480 e. The zero-order chi connectivity index (χ0) is 26.4. The van der Waals surface area contributed by atoms with Gasteiger partial charge in [-0.2, -0.15) is 8.78 Å². The summed E-state index contributed by atoms with van der Waals surface area (Å²) in [6.07, 6.45) is 1.47. The van der Waals surface area contributed by atoms with Crippen molar-refractivity contribution in [3.8, 4) is 0 Å². The zero-order valence-corrected chi connectivity index (χ0v) is 19.9. The number of nitrogens with one attached hydrogen (secondary N) is 1. The summed E-state index contributed by atoms with van der Waals surface area (Å²) in [5, 5.41) is 34.0. The first-order valence-corrected chi connectivity index (χ1v) is 11.4. The zero-order valence-electron chi connectivity index (χ0n) is 18.3. The molecule has 10 nitrogen and oxygen atoms in total. The molecule has 36 heavy (non-hydrogen) atoms. The van der Waals surface area contributed by atoms with Crippen LogP contribution >= 0.6 is 22.9 Å². The lowest BCUT2D eigenvalue weighted by atomic mass is 9.95. The molecular formula is C21H18ClF3N4O6S. The number of hydrogen-bond acceptors (Lipinski definition) is 10. The summed E-state index contributed by atoms with van der Waals surface area (Å²) in [4.78, 5) is 33.8. The van der Waals surface area contributed by atoms with Gasteiger partial charge in [0.05, 0.1) is 19.2 Å². The van der Waals surface area contributed by atoms with Crippen LogP contribution in [0.1, 0.15) is 16.6 Å². The molecule has 1 aromatic heterocycles. The van der Waals surface area contributed by atoms with E-state index in [-0.39, 0.29) is 27.7 Å². The predicted octanol–water partition coefficient (Wildman–Crippen LogP) is 1.54. The van der Waals surface area contributed by atoms with Crippen molar-refractivity contribution in [3.63, 3.8) is 0 Å². The highest BCUT2D eigenvalue weighted by Gasteiger charge is 2.68. The quantitative estimate of drug-likeness (QED) is 0.313. The number of benzene rings is 1.